The molecule has 1 aromatic carbocycles. The monoisotopic (exact) mass is 581 g/mol. The predicted molar refractivity (Wildman–Crippen MR) is 78.0 cm³/mol. The lowest BCUT2D eigenvalue weighted by atomic mass is 9.70. The normalized spacial score (nSPS) is 24.0. The van der Waals surface area contributed by atoms with Crippen molar-refractivity contribution in [2.24, 2.45) is 0 Å². The van der Waals surface area contributed by atoms with Crippen molar-refractivity contribution in [1.29, 1.82) is 0 Å². The lowest BCUT2D eigenvalue weighted by Crippen LogP contribution is -2.85. The van der Waals surface area contributed by atoms with E-state index in [9.17, 15) is 88.9 Å². The van der Waals surface area contributed by atoms with E-state index in [0.29, 0.717) is 0 Å². The quantitative estimate of drug-likeness (QED) is 0.249. The van der Waals surface area contributed by atoms with Gasteiger partial charge in [0.2, 0.25) is 5.78 Å². The Balaban J connectivity index is 2.85. The molecule has 0 amide bonds. The second-order valence-electron chi connectivity index (χ2n) is 7.28. The van der Waals surface area contributed by atoms with Gasteiger partial charge in [0.05, 0.1) is 11.1 Å². The van der Waals surface area contributed by atoms with E-state index in [1.807, 2.05) is 0 Å². The van der Waals surface area contributed by atoms with Gasteiger partial charge in [0.1, 0.15) is 5.82 Å². The summed E-state index contributed by atoms with van der Waals surface area (Å²) in [6, 6.07) is -2.16. The van der Waals surface area contributed by atoms with E-state index in [2.05, 4.69) is 0 Å². The molecule has 0 aliphatic heterocycles. The van der Waals surface area contributed by atoms with Crippen LogP contribution in [-0.4, -0.2) is 41.1 Å². The van der Waals surface area contributed by atoms with E-state index in [-0.39, 0.29) is 0 Å². The predicted octanol–water partition coefficient (Wildman–Crippen LogP) is 6.03. The lowest BCUT2D eigenvalue weighted by Gasteiger charge is -2.51. The summed E-state index contributed by atoms with van der Waals surface area (Å²) in [5.74, 6) is -49.0. The zero-order valence-corrected chi connectivity index (χ0v) is 16.4. The number of halogens is 18. The summed E-state index contributed by atoms with van der Waals surface area (Å²) >= 11 is 0. The van der Waals surface area contributed by atoms with Crippen LogP contribution < -0.4 is 5.11 Å². The maximum atomic E-state index is 14.6. The number of carbonyl (C=O) groups is 1. The Morgan fingerprint density at radius 2 is 1.00 bits per heavy atom. The van der Waals surface area contributed by atoms with Crippen LogP contribution in [0.4, 0.5) is 79.0 Å². The van der Waals surface area contributed by atoms with Gasteiger partial charge in [0.15, 0.2) is 0 Å². The Hall–Kier alpha value is -2.83. The van der Waals surface area contributed by atoms with Gasteiger partial charge in [-0.25, -0.2) is 8.78 Å². The largest absolute Gasteiger partial charge is 0.872 e. The van der Waals surface area contributed by atoms with Crippen LogP contribution in [-0.2, 0) is 17.1 Å². The summed E-state index contributed by atoms with van der Waals surface area (Å²) in [4.78, 5) is 11.7. The first-order valence-corrected chi connectivity index (χ1v) is 8.54. The maximum Gasteiger partial charge on any atom is 0.419 e. The minimum atomic E-state index is -7.80. The molecule has 2 nitrogen and oxygen atoms in total. The molecule has 1 aromatic rings. The Morgan fingerprint density at radius 1 is 0.649 bits per heavy atom. The first kappa shape index (κ1) is 30.4. The SMILES string of the molecule is O=C(/C=C(\[O-])c1cc(F)c(C(F)(F)F)cc1C(F)(F)F)C1(F)C(F)(F)C(F)(F)C(F)(F)C(F)(F)C1(F)F. The molecule has 37 heavy (non-hydrogen) atoms. The zero-order valence-electron chi connectivity index (χ0n) is 16.4. The summed E-state index contributed by atoms with van der Waals surface area (Å²) in [6.07, 6.45) is -13.8. The van der Waals surface area contributed by atoms with Crippen LogP contribution in [0.3, 0.4) is 0 Å². The van der Waals surface area contributed by atoms with Crippen molar-refractivity contribution in [3.63, 3.8) is 0 Å². The smallest absolute Gasteiger partial charge is 0.419 e. The molecule has 0 bridgehead atoms. The molecule has 2 rings (SSSR count). The number of alkyl halides is 17. The topological polar surface area (TPSA) is 40.1 Å². The van der Waals surface area contributed by atoms with Gasteiger partial charge in [-0.3, -0.25) is 4.79 Å². The molecule has 0 atom stereocenters. The van der Waals surface area contributed by atoms with E-state index in [0.717, 1.165) is 0 Å². The van der Waals surface area contributed by atoms with Crippen LogP contribution in [0.25, 0.3) is 5.76 Å². The Morgan fingerprint density at radius 3 is 1.35 bits per heavy atom. The van der Waals surface area contributed by atoms with Crippen molar-refractivity contribution in [3.8, 4) is 0 Å². The van der Waals surface area contributed by atoms with Crippen molar-refractivity contribution in [1.82, 2.24) is 0 Å². The molecule has 210 valence electrons. The van der Waals surface area contributed by atoms with Crippen LogP contribution in [0.5, 0.6) is 0 Å². The molecule has 1 aliphatic rings. The number of hydrogen-bond acceptors (Lipinski definition) is 2. The van der Waals surface area contributed by atoms with Gasteiger partial charge in [0.25, 0.3) is 0 Å². The van der Waals surface area contributed by atoms with E-state index in [4.69, 9.17) is 0 Å². The second kappa shape index (κ2) is 7.84. The highest BCUT2D eigenvalue weighted by Gasteiger charge is 3.02. The van der Waals surface area contributed by atoms with Crippen LogP contribution in [0.1, 0.15) is 16.7 Å². The molecule has 0 radical (unpaired) electrons. The molecular weight excluding hydrogens is 578 g/mol. The Labute approximate surface area is 190 Å². The fourth-order valence-corrected chi connectivity index (χ4v) is 3.06. The van der Waals surface area contributed by atoms with Crippen molar-refractivity contribution in [2.45, 2.75) is 47.6 Å². The van der Waals surface area contributed by atoms with Crippen molar-refractivity contribution >= 4 is 11.5 Å². The molecule has 1 saturated carbocycles. The lowest BCUT2D eigenvalue weighted by molar-refractivity contribution is -0.475. The molecule has 1 fully saturated rings. The van der Waals surface area contributed by atoms with E-state index < -0.39 is 99.9 Å². The van der Waals surface area contributed by atoms with Crippen LogP contribution in [0, 0.1) is 5.82 Å². The van der Waals surface area contributed by atoms with Crippen molar-refractivity contribution in [3.05, 3.63) is 40.7 Å². The summed E-state index contributed by atoms with van der Waals surface area (Å²) in [5.41, 5.74) is -15.6. The standard InChI is InChI=1S/C17H4F18O2/c18-7-1-4(5(11(20,21)22)2-6(7)12(23,24)25)8(36)3-9(37)10(19)13(26,27)15(30,31)17(34,35)16(32,33)14(10,28)29/h1-3,36H/p-1/b8-3-. The first-order valence-electron chi connectivity index (χ1n) is 8.54. The van der Waals surface area contributed by atoms with Crippen LogP contribution in [0.2, 0.25) is 0 Å². The number of allylic oxidation sites excluding steroid dienone is 1. The van der Waals surface area contributed by atoms with Gasteiger partial charge in [-0.15, -0.1) is 0 Å². The van der Waals surface area contributed by atoms with Gasteiger partial charge in [-0.2, -0.15) is 70.2 Å². The summed E-state index contributed by atoms with van der Waals surface area (Å²) in [5, 5.41) is 11.9. The molecule has 0 saturated heterocycles. The molecular formula is C17H3F18O2-. The highest BCUT2D eigenvalue weighted by molar-refractivity contribution is 6.03. The highest BCUT2D eigenvalue weighted by Crippen LogP contribution is 2.69. The molecule has 0 N–H and O–H groups in total. The number of ketones is 1. The third-order valence-electron chi connectivity index (χ3n) is 5.03. The number of rotatable bonds is 3. The minimum absolute atomic E-state index is 1.00. The third kappa shape index (κ3) is 3.71. The van der Waals surface area contributed by atoms with Gasteiger partial charge in [0, 0.05) is 0 Å². The second-order valence-corrected chi connectivity index (χ2v) is 7.28. The van der Waals surface area contributed by atoms with Crippen LogP contribution >= 0.6 is 0 Å². The average molecular weight is 581 g/mol. The Kier molecular flexibility index (Phi) is 6.44. The summed E-state index contributed by atoms with van der Waals surface area (Å²) < 4.78 is 241. The van der Waals surface area contributed by atoms with E-state index in [1.165, 1.54) is 0 Å². The summed E-state index contributed by atoms with van der Waals surface area (Å²) in [6.45, 7) is 0. The molecule has 1 aliphatic carbocycles. The van der Waals surface area contributed by atoms with Gasteiger partial charge in [-0.05, 0) is 23.8 Å². The average Bonchev–Trinajstić information content (AvgIpc) is 2.69. The molecule has 0 unspecified atom stereocenters. The van der Waals surface area contributed by atoms with E-state index >= 15 is 0 Å². The van der Waals surface area contributed by atoms with Crippen molar-refractivity contribution in [2.75, 3.05) is 0 Å². The minimum Gasteiger partial charge on any atom is -0.872 e. The molecule has 20 heteroatoms. The highest BCUT2D eigenvalue weighted by atomic mass is 19.4. The summed E-state index contributed by atoms with van der Waals surface area (Å²) in [7, 11) is 0. The number of carbonyl (C=O) groups excluding carboxylic acids is 1. The third-order valence-corrected chi connectivity index (χ3v) is 5.03. The molecule has 0 spiro atoms. The fraction of sp³-hybridized carbons (Fsp3) is 0.471. The van der Waals surface area contributed by atoms with Gasteiger partial charge in [-0.1, -0.05) is 5.76 Å². The molecule has 0 aromatic heterocycles. The number of benzene rings is 1. The molecule has 0 heterocycles. The van der Waals surface area contributed by atoms with Gasteiger partial charge < -0.3 is 5.11 Å². The maximum absolute atomic E-state index is 14.6. The Bertz CT molecular complexity index is 1110. The number of hydrogen-bond donors (Lipinski definition) is 0. The fourth-order valence-electron chi connectivity index (χ4n) is 3.06. The van der Waals surface area contributed by atoms with Crippen molar-refractivity contribution < 1.29 is 88.9 Å². The van der Waals surface area contributed by atoms with Crippen LogP contribution in [0.15, 0.2) is 18.2 Å². The zero-order chi connectivity index (χ0) is 29.6. The van der Waals surface area contributed by atoms with E-state index in [1.54, 1.807) is 0 Å². The first-order chi connectivity index (χ1) is 16.0. The van der Waals surface area contributed by atoms with Gasteiger partial charge >= 0.3 is 47.6 Å².